The number of amides is 1. The second-order valence-electron chi connectivity index (χ2n) is 6.89. The lowest BCUT2D eigenvalue weighted by atomic mass is 9.91. The Hall–Kier alpha value is -3.18. The Labute approximate surface area is 164 Å². The van der Waals surface area contributed by atoms with Crippen LogP contribution in [0.15, 0.2) is 65.5 Å². The summed E-state index contributed by atoms with van der Waals surface area (Å²) >= 11 is 0. The first kappa shape index (κ1) is 19.6. The minimum Gasteiger partial charge on any atom is -0.395 e. The van der Waals surface area contributed by atoms with E-state index in [2.05, 4.69) is 10.3 Å². The molecule has 0 aliphatic heterocycles. The Kier molecular flexibility index (Phi) is 6.06. The molecule has 3 rings (SSSR count). The van der Waals surface area contributed by atoms with Gasteiger partial charge >= 0.3 is 0 Å². The second kappa shape index (κ2) is 8.67. The zero-order chi connectivity index (χ0) is 20.1. The SMILES string of the molecule is Cc1cc(C)c(CNC(=O)c2ccc(C(CO)c3ccccc3)cc2)c(=O)[nH]1. The summed E-state index contributed by atoms with van der Waals surface area (Å²) in [4.78, 5) is 27.3. The number of carbonyl (C=O) groups is 1. The van der Waals surface area contributed by atoms with E-state index in [0.717, 1.165) is 22.4 Å². The summed E-state index contributed by atoms with van der Waals surface area (Å²) in [6.45, 7) is 3.85. The Balaban J connectivity index is 1.71. The summed E-state index contributed by atoms with van der Waals surface area (Å²) in [6, 6.07) is 18.8. The van der Waals surface area contributed by atoms with Gasteiger partial charge in [-0.25, -0.2) is 0 Å². The zero-order valence-electron chi connectivity index (χ0n) is 16.0. The topological polar surface area (TPSA) is 82.2 Å². The molecule has 0 bridgehead atoms. The fourth-order valence-corrected chi connectivity index (χ4v) is 3.33. The highest BCUT2D eigenvalue weighted by Gasteiger charge is 2.14. The maximum Gasteiger partial charge on any atom is 0.253 e. The number of benzene rings is 2. The van der Waals surface area contributed by atoms with Gasteiger partial charge < -0.3 is 15.4 Å². The van der Waals surface area contributed by atoms with E-state index in [9.17, 15) is 14.7 Å². The highest BCUT2D eigenvalue weighted by Crippen LogP contribution is 2.24. The third kappa shape index (κ3) is 4.38. The fraction of sp³-hybridized carbons (Fsp3) is 0.217. The van der Waals surface area contributed by atoms with E-state index in [0.29, 0.717) is 11.1 Å². The third-order valence-corrected chi connectivity index (χ3v) is 4.88. The van der Waals surface area contributed by atoms with Crippen LogP contribution in [0.1, 0.15) is 44.2 Å². The van der Waals surface area contributed by atoms with Crippen molar-refractivity contribution in [1.29, 1.82) is 0 Å². The van der Waals surface area contributed by atoms with Crippen molar-refractivity contribution in [2.75, 3.05) is 6.61 Å². The predicted molar refractivity (Wildman–Crippen MR) is 110 cm³/mol. The molecular formula is C23H24N2O3. The average Bonchev–Trinajstić information content (AvgIpc) is 2.69. The van der Waals surface area contributed by atoms with Gasteiger partial charge in [-0.05, 0) is 48.7 Å². The number of rotatable bonds is 6. The van der Waals surface area contributed by atoms with Gasteiger partial charge in [-0.2, -0.15) is 0 Å². The van der Waals surface area contributed by atoms with Crippen LogP contribution >= 0.6 is 0 Å². The van der Waals surface area contributed by atoms with Gasteiger partial charge in [0.1, 0.15) is 0 Å². The number of aromatic amines is 1. The Morgan fingerprint density at radius 3 is 2.29 bits per heavy atom. The van der Waals surface area contributed by atoms with Crippen molar-refractivity contribution in [3.8, 4) is 0 Å². The van der Waals surface area contributed by atoms with Crippen LogP contribution in [-0.4, -0.2) is 22.6 Å². The molecule has 2 aromatic carbocycles. The van der Waals surface area contributed by atoms with Crippen LogP contribution in [0.2, 0.25) is 0 Å². The lowest BCUT2D eigenvalue weighted by Crippen LogP contribution is -2.27. The maximum absolute atomic E-state index is 12.5. The van der Waals surface area contributed by atoms with Crippen molar-refractivity contribution < 1.29 is 9.90 Å². The average molecular weight is 376 g/mol. The molecule has 1 unspecified atom stereocenters. The number of hydrogen-bond acceptors (Lipinski definition) is 3. The quantitative estimate of drug-likeness (QED) is 0.618. The van der Waals surface area contributed by atoms with Crippen LogP contribution in [0, 0.1) is 13.8 Å². The second-order valence-corrected chi connectivity index (χ2v) is 6.89. The number of pyridine rings is 1. The van der Waals surface area contributed by atoms with Crippen LogP contribution < -0.4 is 10.9 Å². The summed E-state index contributed by atoms with van der Waals surface area (Å²) in [5.41, 5.74) is 4.50. The largest absolute Gasteiger partial charge is 0.395 e. The van der Waals surface area contributed by atoms with E-state index in [1.165, 1.54) is 0 Å². The molecule has 0 aliphatic carbocycles. The molecule has 3 N–H and O–H groups in total. The van der Waals surface area contributed by atoms with Gasteiger partial charge in [-0.1, -0.05) is 42.5 Å². The fourth-order valence-electron chi connectivity index (χ4n) is 3.33. The minimum absolute atomic E-state index is 0.00889. The number of aromatic nitrogens is 1. The molecular weight excluding hydrogens is 352 g/mol. The number of hydrogen-bond donors (Lipinski definition) is 3. The number of carbonyl (C=O) groups excluding carboxylic acids is 1. The van der Waals surface area contributed by atoms with Crippen LogP contribution in [0.3, 0.4) is 0 Å². The monoisotopic (exact) mass is 376 g/mol. The molecule has 0 aliphatic rings. The smallest absolute Gasteiger partial charge is 0.253 e. The predicted octanol–water partition coefficient (Wildman–Crippen LogP) is 3.05. The first-order chi connectivity index (χ1) is 13.5. The van der Waals surface area contributed by atoms with E-state index in [-0.39, 0.29) is 30.5 Å². The summed E-state index contributed by atoms with van der Waals surface area (Å²) in [5, 5.41) is 12.6. The number of nitrogens with one attached hydrogen (secondary N) is 2. The molecule has 28 heavy (non-hydrogen) atoms. The molecule has 1 amide bonds. The molecule has 1 heterocycles. The first-order valence-corrected chi connectivity index (χ1v) is 9.23. The van der Waals surface area contributed by atoms with Crippen molar-refractivity contribution in [2.24, 2.45) is 0 Å². The van der Waals surface area contributed by atoms with Gasteiger partial charge in [0.05, 0.1) is 6.61 Å². The first-order valence-electron chi connectivity index (χ1n) is 9.23. The van der Waals surface area contributed by atoms with Gasteiger partial charge in [-0.15, -0.1) is 0 Å². The van der Waals surface area contributed by atoms with Gasteiger partial charge in [0.2, 0.25) is 0 Å². The van der Waals surface area contributed by atoms with Crippen LogP contribution in [0.25, 0.3) is 0 Å². The zero-order valence-corrected chi connectivity index (χ0v) is 16.0. The van der Waals surface area contributed by atoms with E-state index in [4.69, 9.17) is 0 Å². The summed E-state index contributed by atoms with van der Waals surface area (Å²) in [5.74, 6) is -0.377. The summed E-state index contributed by atoms with van der Waals surface area (Å²) in [7, 11) is 0. The molecule has 0 radical (unpaired) electrons. The normalized spacial score (nSPS) is 11.8. The van der Waals surface area contributed by atoms with Crippen molar-refractivity contribution >= 4 is 5.91 Å². The molecule has 5 heteroatoms. The minimum atomic E-state index is -0.244. The molecule has 0 spiro atoms. The van der Waals surface area contributed by atoms with E-state index < -0.39 is 0 Å². The Morgan fingerprint density at radius 1 is 1.04 bits per heavy atom. The molecule has 5 nitrogen and oxygen atoms in total. The standard InChI is InChI=1S/C23H24N2O3/c1-15-12-16(2)25-23(28)20(15)13-24-22(27)19-10-8-18(9-11-19)21(14-26)17-6-4-3-5-7-17/h3-12,21,26H,13-14H2,1-2H3,(H,24,27)(H,25,28). The number of aliphatic hydroxyl groups is 1. The van der Waals surface area contributed by atoms with Crippen molar-refractivity contribution in [3.63, 3.8) is 0 Å². The van der Waals surface area contributed by atoms with Gasteiger partial charge in [0, 0.05) is 29.3 Å². The lowest BCUT2D eigenvalue weighted by Gasteiger charge is -2.15. The Bertz CT molecular complexity index is 1010. The third-order valence-electron chi connectivity index (χ3n) is 4.88. The van der Waals surface area contributed by atoms with Gasteiger partial charge in [-0.3, -0.25) is 9.59 Å². The number of aryl methyl sites for hydroxylation is 2. The van der Waals surface area contributed by atoms with Crippen LogP contribution in [0.4, 0.5) is 0 Å². The molecule has 0 saturated heterocycles. The van der Waals surface area contributed by atoms with Crippen LogP contribution in [0.5, 0.6) is 0 Å². The molecule has 1 aromatic heterocycles. The molecule has 1 atom stereocenters. The van der Waals surface area contributed by atoms with Crippen molar-refractivity contribution in [2.45, 2.75) is 26.3 Å². The molecule has 0 fully saturated rings. The van der Waals surface area contributed by atoms with Crippen molar-refractivity contribution in [1.82, 2.24) is 10.3 Å². The number of aliphatic hydroxyl groups excluding tert-OH is 1. The van der Waals surface area contributed by atoms with Gasteiger partial charge in [0.15, 0.2) is 0 Å². The molecule has 144 valence electrons. The highest BCUT2D eigenvalue weighted by atomic mass is 16.3. The van der Waals surface area contributed by atoms with E-state index in [1.54, 1.807) is 12.1 Å². The van der Waals surface area contributed by atoms with E-state index in [1.807, 2.05) is 62.4 Å². The number of H-pyrrole nitrogens is 1. The Morgan fingerprint density at radius 2 is 1.68 bits per heavy atom. The maximum atomic E-state index is 12.5. The lowest BCUT2D eigenvalue weighted by molar-refractivity contribution is 0.0950. The summed E-state index contributed by atoms with van der Waals surface area (Å²) in [6.07, 6.45) is 0. The van der Waals surface area contributed by atoms with Crippen LogP contribution in [-0.2, 0) is 6.54 Å². The van der Waals surface area contributed by atoms with E-state index >= 15 is 0 Å². The highest BCUT2D eigenvalue weighted by molar-refractivity contribution is 5.94. The molecule has 0 saturated carbocycles. The van der Waals surface area contributed by atoms with Gasteiger partial charge in [0.25, 0.3) is 11.5 Å². The molecule has 3 aromatic rings. The van der Waals surface area contributed by atoms with Crippen molar-refractivity contribution in [3.05, 3.63) is 105 Å². The summed E-state index contributed by atoms with van der Waals surface area (Å²) < 4.78 is 0.